The minimum atomic E-state index is 0.0264. The van der Waals surface area contributed by atoms with Gasteiger partial charge in [0.15, 0.2) is 0 Å². The van der Waals surface area contributed by atoms with Crippen molar-refractivity contribution in [3.05, 3.63) is 53.7 Å². The summed E-state index contributed by atoms with van der Waals surface area (Å²) in [6.45, 7) is 2.01. The Morgan fingerprint density at radius 3 is 3.00 bits per heavy atom. The number of aryl methyl sites for hydroxylation is 1. The zero-order chi connectivity index (χ0) is 11.4. The number of hydrazine groups is 1. The maximum absolute atomic E-state index is 5.55. The van der Waals surface area contributed by atoms with E-state index < -0.39 is 0 Å². The summed E-state index contributed by atoms with van der Waals surface area (Å²) in [5, 5.41) is 0. The van der Waals surface area contributed by atoms with Crippen molar-refractivity contribution in [1.29, 1.82) is 0 Å². The van der Waals surface area contributed by atoms with Gasteiger partial charge >= 0.3 is 0 Å². The largest absolute Gasteiger partial charge is 0.469 e. The van der Waals surface area contributed by atoms with Gasteiger partial charge in [-0.25, -0.2) is 0 Å². The average molecular weight is 217 g/mol. The lowest BCUT2D eigenvalue weighted by Gasteiger charge is -2.14. The molecule has 0 fully saturated rings. The molecule has 84 valence electrons. The zero-order valence-corrected chi connectivity index (χ0v) is 9.18. The van der Waals surface area contributed by atoms with E-state index in [4.69, 9.17) is 10.3 Å². The summed E-state index contributed by atoms with van der Waals surface area (Å²) in [4.78, 5) is 4.16. The molecule has 16 heavy (non-hydrogen) atoms. The van der Waals surface area contributed by atoms with Crippen molar-refractivity contribution in [2.45, 2.75) is 19.4 Å². The molecule has 0 amide bonds. The second kappa shape index (κ2) is 4.92. The SMILES string of the molecule is Cc1cncc(C(Cc2ccco2)NN)c1. The zero-order valence-electron chi connectivity index (χ0n) is 9.18. The highest BCUT2D eigenvalue weighted by atomic mass is 16.3. The number of hydrogen-bond acceptors (Lipinski definition) is 4. The monoisotopic (exact) mass is 217 g/mol. The first-order chi connectivity index (χ1) is 7.79. The Kier molecular flexibility index (Phi) is 3.34. The molecule has 4 nitrogen and oxygen atoms in total. The number of aromatic nitrogens is 1. The van der Waals surface area contributed by atoms with Crippen molar-refractivity contribution in [3.63, 3.8) is 0 Å². The normalized spacial score (nSPS) is 12.6. The van der Waals surface area contributed by atoms with E-state index in [1.54, 1.807) is 6.26 Å². The van der Waals surface area contributed by atoms with Gasteiger partial charge in [-0.1, -0.05) is 6.07 Å². The lowest BCUT2D eigenvalue weighted by atomic mass is 10.0. The highest BCUT2D eigenvalue weighted by Crippen LogP contribution is 2.17. The first-order valence-electron chi connectivity index (χ1n) is 5.19. The Hall–Kier alpha value is -1.65. The van der Waals surface area contributed by atoms with Crippen LogP contribution in [0.4, 0.5) is 0 Å². The smallest absolute Gasteiger partial charge is 0.105 e. The number of nitrogens with one attached hydrogen (secondary N) is 1. The highest BCUT2D eigenvalue weighted by molar-refractivity contribution is 5.21. The number of furan rings is 1. The molecule has 2 rings (SSSR count). The summed E-state index contributed by atoms with van der Waals surface area (Å²) in [6, 6.07) is 5.91. The topological polar surface area (TPSA) is 64.1 Å². The molecule has 0 aliphatic rings. The summed E-state index contributed by atoms with van der Waals surface area (Å²) in [5.74, 6) is 6.46. The number of rotatable bonds is 4. The van der Waals surface area contributed by atoms with Crippen molar-refractivity contribution in [3.8, 4) is 0 Å². The fourth-order valence-corrected chi connectivity index (χ4v) is 1.67. The lowest BCUT2D eigenvalue weighted by molar-refractivity contribution is 0.454. The molecule has 0 aliphatic heterocycles. The van der Waals surface area contributed by atoms with Gasteiger partial charge in [0.2, 0.25) is 0 Å². The molecule has 2 aromatic heterocycles. The van der Waals surface area contributed by atoms with Gasteiger partial charge in [-0.05, 0) is 30.2 Å². The van der Waals surface area contributed by atoms with Crippen molar-refractivity contribution in [1.82, 2.24) is 10.4 Å². The van der Waals surface area contributed by atoms with Crippen LogP contribution in [-0.2, 0) is 6.42 Å². The molecule has 0 radical (unpaired) electrons. The van der Waals surface area contributed by atoms with Crippen LogP contribution in [0.5, 0.6) is 0 Å². The Morgan fingerprint density at radius 2 is 2.38 bits per heavy atom. The van der Waals surface area contributed by atoms with Gasteiger partial charge in [0.1, 0.15) is 5.76 Å². The molecule has 0 aromatic carbocycles. The van der Waals surface area contributed by atoms with Crippen molar-refractivity contribution < 1.29 is 4.42 Å². The van der Waals surface area contributed by atoms with Gasteiger partial charge in [-0.3, -0.25) is 16.3 Å². The van der Waals surface area contributed by atoms with Crippen molar-refractivity contribution in [2.24, 2.45) is 5.84 Å². The number of nitrogens with zero attached hydrogens (tertiary/aromatic N) is 1. The third-order valence-corrected chi connectivity index (χ3v) is 2.49. The summed E-state index contributed by atoms with van der Waals surface area (Å²) in [5.41, 5.74) is 4.97. The number of pyridine rings is 1. The van der Waals surface area contributed by atoms with E-state index >= 15 is 0 Å². The van der Waals surface area contributed by atoms with Crippen LogP contribution in [0.25, 0.3) is 0 Å². The summed E-state index contributed by atoms with van der Waals surface area (Å²) < 4.78 is 5.30. The molecule has 4 heteroatoms. The Balaban J connectivity index is 2.16. The van der Waals surface area contributed by atoms with E-state index in [9.17, 15) is 0 Å². The standard InChI is InChI=1S/C12H15N3O/c1-9-5-10(8-14-7-9)12(15-13)6-11-3-2-4-16-11/h2-5,7-8,12,15H,6,13H2,1H3. The third-order valence-electron chi connectivity index (χ3n) is 2.49. The predicted octanol–water partition coefficient (Wildman–Crippen LogP) is 1.73. The van der Waals surface area contributed by atoms with Crippen LogP contribution in [-0.4, -0.2) is 4.98 Å². The van der Waals surface area contributed by atoms with Gasteiger partial charge in [-0.2, -0.15) is 0 Å². The molecule has 0 aliphatic carbocycles. The first kappa shape index (κ1) is 10.9. The van der Waals surface area contributed by atoms with Crippen LogP contribution in [0.2, 0.25) is 0 Å². The minimum Gasteiger partial charge on any atom is -0.469 e. The van der Waals surface area contributed by atoms with Crippen LogP contribution in [0.15, 0.2) is 41.3 Å². The summed E-state index contributed by atoms with van der Waals surface area (Å²) in [7, 11) is 0. The minimum absolute atomic E-state index is 0.0264. The van der Waals surface area contributed by atoms with Crippen LogP contribution in [0, 0.1) is 6.92 Å². The molecule has 0 saturated heterocycles. The van der Waals surface area contributed by atoms with Gasteiger partial charge in [0.05, 0.1) is 12.3 Å². The second-order valence-electron chi connectivity index (χ2n) is 3.80. The van der Waals surface area contributed by atoms with E-state index in [0.29, 0.717) is 6.42 Å². The summed E-state index contributed by atoms with van der Waals surface area (Å²) >= 11 is 0. The molecule has 0 saturated carbocycles. The molecular weight excluding hydrogens is 202 g/mol. The van der Waals surface area contributed by atoms with Crippen LogP contribution in [0.1, 0.15) is 22.9 Å². The average Bonchev–Trinajstić information content (AvgIpc) is 2.78. The van der Waals surface area contributed by atoms with E-state index in [1.165, 1.54) is 0 Å². The van der Waals surface area contributed by atoms with Gasteiger partial charge < -0.3 is 4.42 Å². The quantitative estimate of drug-likeness (QED) is 0.604. The molecule has 1 unspecified atom stereocenters. The number of hydrogen-bond donors (Lipinski definition) is 2. The third kappa shape index (κ3) is 2.48. The van der Waals surface area contributed by atoms with Gasteiger partial charge in [0.25, 0.3) is 0 Å². The van der Waals surface area contributed by atoms with Crippen LogP contribution >= 0.6 is 0 Å². The number of nitrogens with two attached hydrogens (primary N) is 1. The van der Waals surface area contributed by atoms with E-state index in [1.807, 2.05) is 31.5 Å². The fraction of sp³-hybridized carbons (Fsp3) is 0.250. The van der Waals surface area contributed by atoms with Crippen LogP contribution in [0.3, 0.4) is 0 Å². The van der Waals surface area contributed by atoms with E-state index in [2.05, 4.69) is 16.5 Å². The Bertz CT molecular complexity index is 439. The van der Waals surface area contributed by atoms with Gasteiger partial charge in [-0.15, -0.1) is 0 Å². The van der Waals surface area contributed by atoms with E-state index in [0.717, 1.165) is 16.9 Å². The Labute approximate surface area is 94.5 Å². The predicted molar refractivity (Wildman–Crippen MR) is 61.5 cm³/mol. The Morgan fingerprint density at radius 1 is 1.50 bits per heavy atom. The maximum Gasteiger partial charge on any atom is 0.105 e. The molecule has 0 spiro atoms. The molecule has 1 atom stereocenters. The first-order valence-corrected chi connectivity index (χ1v) is 5.19. The van der Waals surface area contributed by atoms with Crippen molar-refractivity contribution in [2.75, 3.05) is 0 Å². The molecule has 0 bridgehead atoms. The highest BCUT2D eigenvalue weighted by Gasteiger charge is 2.12. The maximum atomic E-state index is 5.55. The summed E-state index contributed by atoms with van der Waals surface area (Å²) in [6.07, 6.45) is 6.02. The second-order valence-corrected chi connectivity index (χ2v) is 3.80. The molecule has 3 N–H and O–H groups in total. The lowest BCUT2D eigenvalue weighted by Crippen LogP contribution is -2.29. The van der Waals surface area contributed by atoms with Crippen LogP contribution < -0.4 is 11.3 Å². The fourth-order valence-electron chi connectivity index (χ4n) is 1.67. The van der Waals surface area contributed by atoms with Gasteiger partial charge in [0, 0.05) is 18.8 Å². The molecule has 2 aromatic rings. The molecular formula is C12H15N3O. The van der Waals surface area contributed by atoms with Crippen molar-refractivity contribution >= 4 is 0 Å². The van der Waals surface area contributed by atoms with E-state index in [-0.39, 0.29) is 6.04 Å². The molecule has 2 heterocycles.